The van der Waals surface area contributed by atoms with Crippen molar-refractivity contribution in [1.82, 2.24) is 9.88 Å². The van der Waals surface area contributed by atoms with Crippen LogP contribution in [0.1, 0.15) is 18.4 Å². The Kier molecular flexibility index (Phi) is 6.42. The Hall–Kier alpha value is -2.44. The second-order valence-corrected chi connectivity index (χ2v) is 7.26. The van der Waals surface area contributed by atoms with Gasteiger partial charge in [0.05, 0.1) is 11.6 Å². The van der Waals surface area contributed by atoms with E-state index in [9.17, 15) is 9.59 Å². The van der Waals surface area contributed by atoms with Gasteiger partial charge in [0, 0.05) is 17.8 Å². The maximum absolute atomic E-state index is 12.4. The first kappa shape index (κ1) is 19.3. The minimum atomic E-state index is -0.0708. The summed E-state index contributed by atoms with van der Waals surface area (Å²) >= 11 is 5.80. The Morgan fingerprint density at radius 2 is 1.96 bits per heavy atom. The van der Waals surface area contributed by atoms with Gasteiger partial charge in [-0.25, -0.2) is 4.98 Å². The SMILES string of the molecule is Cc1cccc(NC(=O)CN2CCC(C(=O)Nc3ccc(Cl)cn3)CC2)c1. The summed E-state index contributed by atoms with van der Waals surface area (Å²) in [6, 6.07) is 11.1. The van der Waals surface area contributed by atoms with Crippen LogP contribution in [-0.4, -0.2) is 41.3 Å². The lowest BCUT2D eigenvalue weighted by atomic mass is 9.96. The number of carbonyl (C=O) groups excluding carboxylic acids is 2. The highest BCUT2D eigenvalue weighted by Gasteiger charge is 2.26. The summed E-state index contributed by atoms with van der Waals surface area (Å²) in [5, 5.41) is 6.28. The molecule has 1 saturated heterocycles. The lowest BCUT2D eigenvalue weighted by Gasteiger charge is -2.30. The summed E-state index contributed by atoms with van der Waals surface area (Å²) < 4.78 is 0. The molecule has 1 aromatic heterocycles. The van der Waals surface area contributed by atoms with Crippen LogP contribution in [0.5, 0.6) is 0 Å². The normalized spacial score (nSPS) is 15.3. The topological polar surface area (TPSA) is 74.3 Å². The number of nitrogens with one attached hydrogen (secondary N) is 2. The van der Waals surface area contributed by atoms with Crippen molar-refractivity contribution in [3.8, 4) is 0 Å². The van der Waals surface area contributed by atoms with Crippen LogP contribution < -0.4 is 10.6 Å². The number of aromatic nitrogens is 1. The summed E-state index contributed by atoms with van der Waals surface area (Å²) in [5.74, 6) is 0.366. The van der Waals surface area contributed by atoms with Crippen LogP contribution in [-0.2, 0) is 9.59 Å². The van der Waals surface area contributed by atoms with Crippen molar-refractivity contribution >= 4 is 34.9 Å². The van der Waals surface area contributed by atoms with Gasteiger partial charge in [0.25, 0.3) is 0 Å². The van der Waals surface area contributed by atoms with Gasteiger partial charge in [-0.3, -0.25) is 14.5 Å². The second kappa shape index (κ2) is 8.97. The molecule has 0 atom stereocenters. The predicted molar refractivity (Wildman–Crippen MR) is 107 cm³/mol. The van der Waals surface area contributed by atoms with Gasteiger partial charge in [0.15, 0.2) is 0 Å². The number of benzene rings is 1. The van der Waals surface area contributed by atoms with Crippen LogP contribution in [0.25, 0.3) is 0 Å². The largest absolute Gasteiger partial charge is 0.325 e. The monoisotopic (exact) mass is 386 g/mol. The average Bonchev–Trinajstić information content (AvgIpc) is 2.64. The van der Waals surface area contributed by atoms with Gasteiger partial charge in [-0.1, -0.05) is 23.7 Å². The van der Waals surface area contributed by atoms with Gasteiger partial charge in [-0.15, -0.1) is 0 Å². The highest BCUT2D eigenvalue weighted by Crippen LogP contribution is 2.19. The fourth-order valence-electron chi connectivity index (χ4n) is 3.16. The van der Waals surface area contributed by atoms with Crippen LogP contribution in [0, 0.1) is 12.8 Å². The third-order valence-electron chi connectivity index (χ3n) is 4.61. The molecule has 0 spiro atoms. The molecule has 3 rings (SSSR count). The minimum Gasteiger partial charge on any atom is -0.325 e. The van der Waals surface area contributed by atoms with E-state index >= 15 is 0 Å². The number of piperidine rings is 1. The standard InChI is InChI=1S/C20H23ClN4O2/c1-14-3-2-4-17(11-14)23-19(26)13-25-9-7-15(8-10-25)20(27)24-18-6-5-16(21)12-22-18/h2-6,11-12,15H,7-10,13H2,1H3,(H,23,26)(H,22,24,27). The Balaban J connectivity index is 1.43. The molecule has 0 bridgehead atoms. The molecule has 7 heteroatoms. The fraction of sp³-hybridized carbons (Fsp3) is 0.350. The molecule has 2 amide bonds. The molecule has 1 aromatic carbocycles. The van der Waals surface area contributed by atoms with Crippen molar-refractivity contribution < 1.29 is 9.59 Å². The molecule has 0 unspecified atom stereocenters. The molecule has 6 nitrogen and oxygen atoms in total. The molecule has 1 aliphatic rings. The zero-order valence-electron chi connectivity index (χ0n) is 15.2. The number of carbonyl (C=O) groups is 2. The van der Waals surface area contributed by atoms with Crippen molar-refractivity contribution in [1.29, 1.82) is 0 Å². The predicted octanol–water partition coefficient (Wildman–Crippen LogP) is 3.33. The van der Waals surface area contributed by atoms with E-state index in [4.69, 9.17) is 11.6 Å². The molecule has 27 heavy (non-hydrogen) atoms. The summed E-state index contributed by atoms with van der Waals surface area (Å²) in [6.07, 6.45) is 2.95. The summed E-state index contributed by atoms with van der Waals surface area (Å²) in [7, 11) is 0. The van der Waals surface area contributed by atoms with Gasteiger partial charge in [0.1, 0.15) is 5.82 Å². The molecule has 2 aromatic rings. The second-order valence-electron chi connectivity index (χ2n) is 6.82. The first-order valence-electron chi connectivity index (χ1n) is 9.01. The number of nitrogens with zero attached hydrogens (tertiary/aromatic N) is 2. The lowest BCUT2D eigenvalue weighted by molar-refractivity contribution is -0.121. The Morgan fingerprint density at radius 3 is 2.63 bits per heavy atom. The van der Waals surface area contributed by atoms with Crippen molar-refractivity contribution in [2.24, 2.45) is 5.92 Å². The van der Waals surface area contributed by atoms with Crippen molar-refractivity contribution in [3.63, 3.8) is 0 Å². The molecule has 2 N–H and O–H groups in total. The zero-order chi connectivity index (χ0) is 19.2. The fourth-order valence-corrected chi connectivity index (χ4v) is 3.27. The van der Waals surface area contributed by atoms with E-state index in [-0.39, 0.29) is 17.7 Å². The Bertz CT molecular complexity index is 802. The number of halogens is 1. The molecule has 0 aliphatic carbocycles. The number of aryl methyl sites for hydroxylation is 1. The quantitative estimate of drug-likeness (QED) is 0.826. The number of amides is 2. The van der Waals surface area contributed by atoms with Gasteiger partial charge < -0.3 is 10.6 Å². The summed E-state index contributed by atoms with van der Waals surface area (Å²) in [5.41, 5.74) is 1.92. The maximum Gasteiger partial charge on any atom is 0.238 e. The molecule has 0 saturated carbocycles. The number of likely N-dealkylation sites (tertiary alicyclic amines) is 1. The third-order valence-corrected chi connectivity index (χ3v) is 4.83. The van der Waals surface area contributed by atoms with E-state index in [1.54, 1.807) is 12.1 Å². The van der Waals surface area contributed by atoms with Gasteiger partial charge in [-0.05, 0) is 62.7 Å². The van der Waals surface area contributed by atoms with Crippen LogP contribution in [0.2, 0.25) is 5.02 Å². The third kappa shape index (κ3) is 5.77. The molecule has 1 fully saturated rings. The van der Waals surface area contributed by atoms with E-state index in [0.717, 1.165) is 24.1 Å². The maximum atomic E-state index is 12.4. The van der Waals surface area contributed by atoms with E-state index in [1.165, 1.54) is 6.20 Å². The molecular weight excluding hydrogens is 364 g/mol. The summed E-state index contributed by atoms with van der Waals surface area (Å²) in [6.45, 7) is 3.76. The summed E-state index contributed by atoms with van der Waals surface area (Å²) in [4.78, 5) is 30.8. The number of anilines is 2. The number of rotatable bonds is 5. The van der Waals surface area contributed by atoms with Crippen LogP contribution in [0.4, 0.5) is 11.5 Å². The zero-order valence-corrected chi connectivity index (χ0v) is 16.0. The molecule has 1 aliphatic heterocycles. The first-order chi connectivity index (χ1) is 13.0. The van der Waals surface area contributed by atoms with Crippen molar-refractivity contribution in [3.05, 3.63) is 53.2 Å². The number of hydrogen-bond donors (Lipinski definition) is 2. The highest BCUT2D eigenvalue weighted by atomic mass is 35.5. The Labute approximate surface area is 163 Å². The van der Waals surface area contributed by atoms with E-state index in [1.807, 2.05) is 31.2 Å². The molecule has 2 heterocycles. The van der Waals surface area contributed by atoms with E-state index in [2.05, 4.69) is 20.5 Å². The number of pyridine rings is 1. The van der Waals surface area contributed by atoms with Crippen molar-refractivity contribution in [2.75, 3.05) is 30.3 Å². The van der Waals surface area contributed by atoms with Crippen LogP contribution in [0.15, 0.2) is 42.6 Å². The molecule has 0 radical (unpaired) electrons. The molecule has 142 valence electrons. The highest BCUT2D eigenvalue weighted by molar-refractivity contribution is 6.30. The number of hydrogen-bond acceptors (Lipinski definition) is 4. The van der Waals surface area contributed by atoms with Gasteiger partial charge in [0.2, 0.25) is 11.8 Å². The Morgan fingerprint density at radius 1 is 1.19 bits per heavy atom. The van der Waals surface area contributed by atoms with Crippen LogP contribution in [0.3, 0.4) is 0 Å². The van der Waals surface area contributed by atoms with Crippen molar-refractivity contribution in [2.45, 2.75) is 19.8 Å². The van der Waals surface area contributed by atoms with Crippen LogP contribution >= 0.6 is 11.6 Å². The minimum absolute atomic E-state index is 0.0335. The smallest absolute Gasteiger partial charge is 0.238 e. The first-order valence-corrected chi connectivity index (χ1v) is 9.39. The van der Waals surface area contributed by atoms with E-state index in [0.29, 0.717) is 30.5 Å². The van der Waals surface area contributed by atoms with E-state index < -0.39 is 0 Å². The lowest BCUT2D eigenvalue weighted by Crippen LogP contribution is -2.41. The van der Waals surface area contributed by atoms with Gasteiger partial charge >= 0.3 is 0 Å². The molecular formula is C20H23ClN4O2. The average molecular weight is 387 g/mol. The van der Waals surface area contributed by atoms with Gasteiger partial charge in [-0.2, -0.15) is 0 Å².